The van der Waals surface area contributed by atoms with Crippen LogP contribution in [-0.4, -0.2) is 13.4 Å². The molecule has 0 amide bonds. The number of hydrogen-bond acceptors (Lipinski definition) is 3. The molecule has 14 heavy (non-hydrogen) atoms. The lowest BCUT2D eigenvalue weighted by Crippen LogP contribution is -2.10. The van der Waals surface area contributed by atoms with Gasteiger partial charge in [-0.25, -0.2) is 0 Å². The predicted molar refractivity (Wildman–Crippen MR) is 49.2 cm³/mol. The summed E-state index contributed by atoms with van der Waals surface area (Å²) in [6.45, 7) is 0. The standard InChI is InChI=1S/C9H10FNO2S/c10-14(12,13)9-5-6-11-8-4-2-1-3-7(8)9/h5-6H,1-4H2. The fourth-order valence-electron chi connectivity index (χ4n) is 1.82. The lowest BCUT2D eigenvalue weighted by atomic mass is 9.96. The highest BCUT2D eigenvalue weighted by Gasteiger charge is 2.22. The van der Waals surface area contributed by atoms with E-state index in [1.807, 2.05) is 0 Å². The molecular formula is C9H10FNO2S. The molecule has 0 radical (unpaired) electrons. The first-order valence-corrected chi connectivity index (χ1v) is 5.89. The minimum atomic E-state index is -4.58. The number of aromatic nitrogens is 1. The van der Waals surface area contributed by atoms with Crippen molar-refractivity contribution < 1.29 is 12.3 Å². The van der Waals surface area contributed by atoms with Crippen molar-refractivity contribution in [3.05, 3.63) is 23.5 Å². The molecule has 1 heterocycles. The van der Waals surface area contributed by atoms with Crippen molar-refractivity contribution >= 4 is 10.2 Å². The Morgan fingerprint density at radius 2 is 2.00 bits per heavy atom. The van der Waals surface area contributed by atoms with Crippen LogP contribution in [0.25, 0.3) is 0 Å². The summed E-state index contributed by atoms with van der Waals surface area (Å²) in [5.74, 6) is 0. The van der Waals surface area contributed by atoms with Crippen LogP contribution in [-0.2, 0) is 23.1 Å². The van der Waals surface area contributed by atoms with E-state index in [-0.39, 0.29) is 4.90 Å². The van der Waals surface area contributed by atoms with Crippen molar-refractivity contribution in [3.8, 4) is 0 Å². The van der Waals surface area contributed by atoms with Gasteiger partial charge < -0.3 is 0 Å². The summed E-state index contributed by atoms with van der Waals surface area (Å²) < 4.78 is 34.5. The Labute approximate surface area is 82.2 Å². The number of pyridine rings is 1. The van der Waals surface area contributed by atoms with E-state index in [2.05, 4.69) is 4.98 Å². The van der Waals surface area contributed by atoms with Crippen molar-refractivity contribution in [2.75, 3.05) is 0 Å². The highest BCUT2D eigenvalue weighted by atomic mass is 32.3. The summed E-state index contributed by atoms with van der Waals surface area (Å²) >= 11 is 0. The van der Waals surface area contributed by atoms with Crippen LogP contribution in [0.4, 0.5) is 3.89 Å². The number of rotatable bonds is 1. The molecule has 1 aliphatic rings. The van der Waals surface area contributed by atoms with Crippen molar-refractivity contribution in [3.63, 3.8) is 0 Å². The zero-order valence-corrected chi connectivity index (χ0v) is 8.35. The Bertz CT molecular complexity index is 456. The normalized spacial score (nSPS) is 16.4. The quantitative estimate of drug-likeness (QED) is 0.669. The summed E-state index contributed by atoms with van der Waals surface area (Å²) in [6.07, 6.45) is 4.62. The first-order valence-electron chi connectivity index (χ1n) is 4.50. The minimum Gasteiger partial charge on any atom is -0.261 e. The van der Waals surface area contributed by atoms with Crippen LogP contribution in [0, 0.1) is 0 Å². The molecule has 0 saturated carbocycles. The third-order valence-corrected chi connectivity index (χ3v) is 3.36. The summed E-state index contributed by atoms with van der Waals surface area (Å²) in [5.41, 5.74) is 1.30. The van der Waals surface area contributed by atoms with Crippen LogP contribution in [0.1, 0.15) is 24.1 Å². The molecule has 76 valence electrons. The Balaban J connectivity index is 2.62. The van der Waals surface area contributed by atoms with Gasteiger partial charge in [0.15, 0.2) is 0 Å². The van der Waals surface area contributed by atoms with Gasteiger partial charge in [-0.05, 0) is 37.3 Å². The molecule has 2 rings (SSSR count). The maximum absolute atomic E-state index is 12.9. The van der Waals surface area contributed by atoms with Gasteiger partial charge in [-0.2, -0.15) is 8.42 Å². The van der Waals surface area contributed by atoms with Gasteiger partial charge in [-0.1, -0.05) is 0 Å². The largest absolute Gasteiger partial charge is 0.332 e. The van der Waals surface area contributed by atoms with Gasteiger partial charge in [0.25, 0.3) is 0 Å². The topological polar surface area (TPSA) is 47.0 Å². The second kappa shape index (κ2) is 3.31. The second-order valence-corrected chi connectivity index (χ2v) is 4.69. The van der Waals surface area contributed by atoms with E-state index in [0.29, 0.717) is 12.0 Å². The maximum Gasteiger partial charge on any atom is 0.332 e. The Morgan fingerprint density at radius 3 is 2.71 bits per heavy atom. The molecule has 3 nitrogen and oxygen atoms in total. The number of hydrogen-bond donors (Lipinski definition) is 0. The SMILES string of the molecule is O=S(=O)(F)c1ccnc2c1CCCC2. The van der Waals surface area contributed by atoms with Crippen molar-refractivity contribution in [1.82, 2.24) is 4.98 Å². The Kier molecular flexibility index (Phi) is 2.26. The van der Waals surface area contributed by atoms with Gasteiger partial charge in [-0.3, -0.25) is 4.98 Å². The van der Waals surface area contributed by atoms with E-state index in [1.54, 1.807) is 0 Å². The Morgan fingerprint density at radius 1 is 1.29 bits per heavy atom. The minimum absolute atomic E-state index is 0.192. The zero-order valence-electron chi connectivity index (χ0n) is 7.53. The molecule has 0 aromatic carbocycles. The molecule has 0 atom stereocenters. The van der Waals surface area contributed by atoms with E-state index in [9.17, 15) is 12.3 Å². The fraction of sp³-hybridized carbons (Fsp3) is 0.444. The average molecular weight is 215 g/mol. The molecule has 0 fully saturated rings. The molecule has 1 aromatic heterocycles. The average Bonchev–Trinajstić information content (AvgIpc) is 2.15. The first-order chi connectivity index (χ1) is 6.59. The number of halogens is 1. The maximum atomic E-state index is 12.9. The highest BCUT2D eigenvalue weighted by Crippen LogP contribution is 2.26. The molecule has 0 spiro atoms. The van der Waals surface area contributed by atoms with Crippen LogP contribution in [0.15, 0.2) is 17.2 Å². The summed E-state index contributed by atoms with van der Waals surface area (Å²) in [4.78, 5) is 3.87. The van der Waals surface area contributed by atoms with Crippen LogP contribution in [0.5, 0.6) is 0 Å². The summed E-state index contributed by atoms with van der Waals surface area (Å²) in [7, 11) is -4.58. The van der Waals surface area contributed by atoms with Gasteiger partial charge in [0.05, 0.1) is 0 Å². The van der Waals surface area contributed by atoms with E-state index in [1.165, 1.54) is 12.3 Å². The molecule has 0 saturated heterocycles. The molecule has 0 unspecified atom stereocenters. The first kappa shape index (κ1) is 9.58. The number of fused-ring (bicyclic) bond motifs is 1. The van der Waals surface area contributed by atoms with E-state index in [4.69, 9.17) is 0 Å². The third-order valence-electron chi connectivity index (χ3n) is 2.46. The van der Waals surface area contributed by atoms with Crippen molar-refractivity contribution in [2.45, 2.75) is 30.6 Å². The molecule has 5 heteroatoms. The highest BCUT2D eigenvalue weighted by molar-refractivity contribution is 7.86. The van der Waals surface area contributed by atoms with Crippen LogP contribution >= 0.6 is 0 Å². The lowest BCUT2D eigenvalue weighted by molar-refractivity contribution is 0.547. The predicted octanol–water partition coefficient (Wildman–Crippen LogP) is 1.62. The second-order valence-electron chi connectivity index (χ2n) is 3.38. The molecule has 1 aliphatic carbocycles. The van der Waals surface area contributed by atoms with Gasteiger partial charge >= 0.3 is 10.2 Å². The van der Waals surface area contributed by atoms with Crippen molar-refractivity contribution in [2.24, 2.45) is 0 Å². The van der Waals surface area contributed by atoms with E-state index in [0.717, 1.165) is 25.0 Å². The van der Waals surface area contributed by atoms with Crippen LogP contribution in [0.2, 0.25) is 0 Å². The van der Waals surface area contributed by atoms with Gasteiger partial charge in [0.1, 0.15) is 4.90 Å². The fourth-order valence-corrected chi connectivity index (χ4v) is 2.56. The Hall–Kier alpha value is -0.970. The van der Waals surface area contributed by atoms with Gasteiger partial charge in [0.2, 0.25) is 0 Å². The molecule has 1 aromatic rings. The van der Waals surface area contributed by atoms with Gasteiger partial charge in [-0.15, -0.1) is 3.89 Å². The zero-order chi connectivity index (χ0) is 10.2. The van der Waals surface area contributed by atoms with E-state index < -0.39 is 10.2 Å². The molecule has 0 N–H and O–H groups in total. The third kappa shape index (κ3) is 1.64. The number of nitrogens with zero attached hydrogens (tertiary/aromatic N) is 1. The summed E-state index contributed by atoms with van der Waals surface area (Å²) in [5, 5.41) is 0. The molecule has 0 aliphatic heterocycles. The molecular weight excluding hydrogens is 205 g/mol. The smallest absolute Gasteiger partial charge is 0.261 e. The van der Waals surface area contributed by atoms with Gasteiger partial charge in [0, 0.05) is 11.9 Å². The van der Waals surface area contributed by atoms with E-state index >= 15 is 0 Å². The lowest BCUT2D eigenvalue weighted by Gasteiger charge is -2.15. The summed E-state index contributed by atoms with van der Waals surface area (Å²) in [6, 6.07) is 1.24. The van der Waals surface area contributed by atoms with Crippen LogP contribution < -0.4 is 0 Å². The monoisotopic (exact) mass is 215 g/mol. The number of aryl methyl sites for hydroxylation is 1. The van der Waals surface area contributed by atoms with Crippen LogP contribution in [0.3, 0.4) is 0 Å². The molecule has 0 bridgehead atoms. The van der Waals surface area contributed by atoms with Crippen molar-refractivity contribution in [1.29, 1.82) is 0 Å².